The van der Waals surface area contributed by atoms with Crippen molar-refractivity contribution in [1.29, 1.82) is 0 Å². The molecule has 1 saturated carbocycles. The van der Waals surface area contributed by atoms with Crippen molar-refractivity contribution in [2.45, 2.75) is 31.4 Å². The second-order valence-corrected chi connectivity index (χ2v) is 3.86. The number of nitrogens with zero attached hydrogens (tertiary/aromatic N) is 1. The maximum atomic E-state index is 9.82. The molecule has 0 aromatic rings. The molecular weight excluding hydrogens is 168 g/mol. The van der Waals surface area contributed by atoms with E-state index in [1.54, 1.807) is 7.11 Å². The number of hydrogen-bond acceptors (Lipinski definition) is 4. The Kier molecular flexibility index (Phi) is 2.51. The molecule has 13 heavy (non-hydrogen) atoms. The lowest BCUT2D eigenvalue weighted by Gasteiger charge is -2.16. The molecule has 4 nitrogen and oxygen atoms in total. The number of nitrogens with one attached hydrogen (secondary N) is 1. The molecule has 1 heterocycles. The van der Waals surface area contributed by atoms with Gasteiger partial charge in [-0.25, -0.2) is 0 Å². The summed E-state index contributed by atoms with van der Waals surface area (Å²) in [5.41, 5.74) is 1.01. The van der Waals surface area contributed by atoms with Gasteiger partial charge in [-0.15, -0.1) is 0 Å². The molecule has 1 aliphatic carbocycles. The largest absolute Gasteiger partial charge is 0.399 e. The summed E-state index contributed by atoms with van der Waals surface area (Å²) in [5.74, 6) is 0.527. The Hall–Kier alpha value is -0.610. The van der Waals surface area contributed by atoms with E-state index < -0.39 is 0 Å². The molecule has 2 fully saturated rings. The van der Waals surface area contributed by atoms with Crippen LogP contribution in [0.1, 0.15) is 19.3 Å². The van der Waals surface area contributed by atoms with Crippen LogP contribution in [0.3, 0.4) is 0 Å². The molecule has 2 aliphatic rings. The highest BCUT2D eigenvalue weighted by Gasteiger charge is 2.37. The second-order valence-electron chi connectivity index (χ2n) is 3.86. The van der Waals surface area contributed by atoms with Crippen LogP contribution in [0.4, 0.5) is 0 Å². The first-order valence-corrected chi connectivity index (χ1v) is 4.81. The zero-order valence-electron chi connectivity index (χ0n) is 7.86. The van der Waals surface area contributed by atoms with Crippen molar-refractivity contribution in [1.82, 2.24) is 5.32 Å². The van der Waals surface area contributed by atoms with Crippen molar-refractivity contribution in [3.63, 3.8) is 0 Å². The fourth-order valence-electron chi connectivity index (χ4n) is 1.85. The van der Waals surface area contributed by atoms with Crippen molar-refractivity contribution in [2.24, 2.45) is 11.1 Å². The van der Waals surface area contributed by atoms with E-state index in [0.29, 0.717) is 5.92 Å². The molecule has 74 valence electrons. The summed E-state index contributed by atoms with van der Waals surface area (Å²) in [6.07, 6.45) is 2.99. The van der Waals surface area contributed by atoms with Crippen molar-refractivity contribution >= 4 is 5.71 Å². The van der Waals surface area contributed by atoms with Crippen LogP contribution in [-0.2, 0) is 4.84 Å². The van der Waals surface area contributed by atoms with Gasteiger partial charge in [0.05, 0.1) is 11.8 Å². The van der Waals surface area contributed by atoms with Crippen LogP contribution >= 0.6 is 0 Å². The van der Waals surface area contributed by atoms with Gasteiger partial charge >= 0.3 is 0 Å². The van der Waals surface area contributed by atoms with Gasteiger partial charge in [-0.3, -0.25) is 0 Å². The van der Waals surface area contributed by atoms with E-state index in [2.05, 4.69) is 10.5 Å². The predicted octanol–water partition coefficient (Wildman–Crippen LogP) is 0.122. The molecule has 1 unspecified atom stereocenters. The Morgan fingerprint density at radius 1 is 1.62 bits per heavy atom. The van der Waals surface area contributed by atoms with Gasteiger partial charge in [-0.1, -0.05) is 5.16 Å². The van der Waals surface area contributed by atoms with Gasteiger partial charge in [0.1, 0.15) is 7.11 Å². The summed E-state index contributed by atoms with van der Waals surface area (Å²) in [6.45, 7) is 0.752. The molecule has 0 aromatic heterocycles. The van der Waals surface area contributed by atoms with Crippen LogP contribution in [-0.4, -0.2) is 36.6 Å². The Morgan fingerprint density at radius 3 is 3.00 bits per heavy atom. The van der Waals surface area contributed by atoms with Crippen LogP contribution in [0.2, 0.25) is 0 Å². The van der Waals surface area contributed by atoms with Gasteiger partial charge in [-0.2, -0.15) is 0 Å². The van der Waals surface area contributed by atoms with Crippen molar-refractivity contribution in [3.8, 4) is 0 Å². The van der Waals surface area contributed by atoms with Gasteiger partial charge in [0.15, 0.2) is 0 Å². The summed E-state index contributed by atoms with van der Waals surface area (Å²) in [4.78, 5) is 4.70. The molecule has 0 spiro atoms. The lowest BCUT2D eigenvalue weighted by Crippen LogP contribution is -2.35. The Morgan fingerprint density at radius 2 is 2.38 bits per heavy atom. The third-order valence-corrected chi connectivity index (χ3v) is 2.76. The Bertz CT molecular complexity index is 214. The standard InChI is InChI=1S/C9H16N2O2/c1-13-11-7-4-8(10-5-7)9(12)6-2-3-6/h6,8-10,12H,2-5H2,1H3/t8-,9?/m0/s1. The molecule has 2 atom stereocenters. The zero-order valence-corrected chi connectivity index (χ0v) is 7.86. The zero-order chi connectivity index (χ0) is 9.26. The van der Waals surface area contributed by atoms with E-state index in [4.69, 9.17) is 4.84 Å². The molecule has 4 heteroatoms. The normalized spacial score (nSPS) is 33.7. The summed E-state index contributed by atoms with van der Waals surface area (Å²) in [6, 6.07) is 0.196. The molecule has 0 radical (unpaired) electrons. The number of rotatable bonds is 3. The SMILES string of the molecule is CON=C1CN[C@H](C(O)C2CC2)C1. The van der Waals surface area contributed by atoms with Crippen molar-refractivity contribution in [2.75, 3.05) is 13.7 Å². The van der Waals surface area contributed by atoms with E-state index in [0.717, 1.165) is 18.7 Å². The van der Waals surface area contributed by atoms with Crippen LogP contribution in [0.15, 0.2) is 5.16 Å². The molecular formula is C9H16N2O2. The van der Waals surface area contributed by atoms with Crippen LogP contribution in [0, 0.1) is 5.92 Å². The minimum Gasteiger partial charge on any atom is -0.399 e. The van der Waals surface area contributed by atoms with E-state index >= 15 is 0 Å². The second kappa shape index (κ2) is 3.64. The Labute approximate surface area is 78.0 Å². The van der Waals surface area contributed by atoms with Gasteiger partial charge < -0.3 is 15.3 Å². The number of aliphatic hydroxyl groups excluding tert-OH is 1. The maximum absolute atomic E-state index is 9.82. The number of hydrogen-bond donors (Lipinski definition) is 2. The lowest BCUT2D eigenvalue weighted by atomic mass is 10.1. The van der Waals surface area contributed by atoms with E-state index in [1.165, 1.54) is 12.8 Å². The quantitative estimate of drug-likeness (QED) is 0.613. The Balaban J connectivity index is 1.86. The maximum Gasteiger partial charge on any atom is 0.106 e. The minimum atomic E-state index is -0.190. The van der Waals surface area contributed by atoms with E-state index in [1.807, 2.05) is 0 Å². The van der Waals surface area contributed by atoms with Gasteiger partial charge in [-0.05, 0) is 18.8 Å². The first kappa shape index (κ1) is 8.97. The van der Waals surface area contributed by atoms with E-state index in [9.17, 15) is 5.11 Å². The topological polar surface area (TPSA) is 53.8 Å². The van der Waals surface area contributed by atoms with Crippen molar-refractivity contribution < 1.29 is 9.94 Å². The van der Waals surface area contributed by atoms with E-state index in [-0.39, 0.29) is 12.1 Å². The van der Waals surface area contributed by atoms with Crippen molar-refractivity contribution in [3.05, 3.63) is 0 Å². The molecule has 2 N–H and O–H groups in total. The molecule has 1 aliphatic heterocycles. The summed E-state index contributed by atoms with van der Waals surface area (Å²) >= 11 is 0. The molecule has 1 saturated heterocycles. The molecule has 2 rings (SSSR count). The minimum absolute atomic E-state index is 0.190. The fourth-order valence-corrected chi connectivity index (χ4v) is 1.85. The highest BCUT2D eigenvalue weighted by Crippen LogP contribution is 2.35. The average molecular weight is 184 g/mol. The van der Waals surface area contributed by atoms with Gasteiger partial charge in [0.2, 0.25) is 0 Å². The lowest BCUT2D eigenvalue weighted by molar-refractivity contribution is 0.115. The third-order valence-electron chi connectivity index (χ3n) is 2.76. The summed E-state index contributed by atoms with van der Waals surface area (Å²) in [5, 5.41) is 16.9. The van der Waals surface area contributed by atoms with Crippen LogP contribution in [0.5, 0.6) is 0 Å². The van der Waals surface area contributed by atoms with Gasteiger partial charge in [0, 0.05) is 19.0 Å². The molecule has 0 aromatic carbocycles. The third kappa shape index (κ3) is 2.00. The fraction of sp³-hybridized carbons (Fsp3) is 0.889. The highest BCUT2D eigenvalue weighted by molar-refractivity contribution is 5.88. The van der Waals surface area contributed by atoms with Gasteiger partial charge in [0.25, 0.3) is 0 Å². The predicted molar refractivity (Wildman–Crippen MR) is 49.6 cm³/mol. The van der Waals surface area contributed by atoms with Crippen LogP contribution < -0.4 is 5.32 Å². The molecule has 0 bridgehead atoms. The smallest absolute Gasteiger partial charge is 0.106 e. The summed E-state index contributed by atoms with van der Waals surface area (Å²) in [7, 11) is 1.55. The molecule has 0 amide bonds. The number of aliphatic hydroxyl groups is 1. The average Bonchev–Trinajstić information content (AvgIpc) is 2.87. The summed E-state index contributed by atoms with van der Waals surface area (Å²) < 4.78 is 0. The number of oxime groups is 1. The first-order valence-electron chi connectivity index (χ1n) is 4.81. The first-order chi connectivity index (χ1) is 6.31. The van der Waals surface area contributed by atoms with Crippen LogP contribution in [0.25, 0.3) is 0 Å². The highest BCUT2D eigenvalue weighted by atomic mass is 16.6. The monoisotopic (exact) mass is 184 g/mol.